The van der Waals surface area contributed by atoms with E-state index in [0.717, 1.165) is 50.3 Å². The highest BCUT2D eigenvalue weighted by Crippen LogP contribution is 2.79. The molecule has 1 aromatic carbocycles. The van der Waals surface area contributed by atoms with Crippen LogP contribution in [0.15, 0.2) is 12.1 Å². The summed E-state index contributed by atoms with van der Waals surface area (Å²) >= 11 is 0. The SMILES string of the molecule is CCC1O[C@](C)(C(C)(C)C)C2C[C@@]34CC[C@]2(O1)[C@@H]1Oc2c(O)ccc5c2[C@@]13CCN(CC1CC1)[C@@H]4C5. The average Bonchev–Trinajstić information content (AvgIpc) is 3.58. The van der Waals surface area contributed by atoms with Gasteiger partial charge in [0.05, 0.1) is 5.60 Å². The van der Waals surface area contributed by atoms with Gasteiger partial charge in [0, 0.05) is 34.9 Å². The van der Waals surface area contributed by atoms with E-state index in [1.165, 1.54) is 36.9 Å². The Morgan fingerprint density at radius 1 is 1.11 bits per heavy atom. The molecular formula is C31H43NO4. The van der Waals surface area contributed by atoms with Gasteiger partial charge in [0.25, 0.3) is 0 Å². The minimum absolute atomic E-state index is 0.0284. The molecule has 3 heterocycles. The number of rotatable bonds is 3. The van der Waals surface area contributed by atoms with Crippen LogP contribution >= 0.6 is 0 Å². The summed E-state index contributed by atoms with van der Waals surface area (Å²) in [7, 11) is 0. The van der Waals surface area contributed by atoms with Crippen LogP contribution < -0.4 is 4.74 Å². The van der Waals surface area contributed by atoms with Gasteiger partial charge in [-0.1, -0.05) is 33.8 Å². The van der Waals surface area contributed by atoms with Crippen LogP contribution in [0.25, 0.3) is 0 Å². The number of piperidine rings is 1. The third-order valence-corrected chi connectivity index (χ3v) is 12.5. The molecular weight excluding hydrogens is 450 g/mol. The Kier molecular flexibility index (Phi) is 4.18. The number of fused-ring (bicyclic) bond motifs is 1. The maximum Gasteiger partial charge on any atom is 0.165 e. The number of ether oxygens (including phenoxy) is 3. The first-order valence-electron chi connectivity index (χ1n) is 14.7. The molecule has 6 fully saturated rings. The number of nitrogens with zero attached hydrogens (tertiary/aromatic N) is 1. The molecule has 9 rings (SSSR count). The van der Waals surface area contributed by atoms with E-state index in [4.69, 9.17) is 14.2 Å². The summed E-state index contributed by atoms with van der Waals surface area (Å²) in [6.07, 6.45) is 8.93. The van der Waals surface area contributed by atoms with Crippen LogP contribution in [-0.2, 0) is 21.3 Å². The molecule has 3 aliphatic heterocycles. The lowest BCUT2D eigenvalue weighted by Gasteiger charge is -2.77. The highest BCUT2D eigenvalue weighted by molar-refractivity contribution is 5.63. The lowest BCUT2D eigenvalue weighted by Crippen LogP contribution is -2.85. The van der Waals surface area contributed by atoms with Crippen molar-refractivity contribution in [2.24, 2.45) is 22.7 Å². The normalized spacial score (nSPS) is 48.4. The second kappa shape index (κ2) is 6.63. The number of phenols is 1. The average molecular weight is 494 g/mol. The molecule has 5 nitrogen and oxygen atoms in total. The molecule has 3 spiro atoms. The van der Waals surface area contributed by atoms with Gasteiger partial charge in [-0.3, -0.25) is 4.90 Å². The highest BCUT2D eigenvalue weighted by Gasteiger charge is 2.83. The molecule has 5 heteroatoms. The summed E-state index contributed by atoms with van der Waals surface area (Å²) < 4.78 is 21.2. The van der Waals surface area contributed by atoms with E-state index in [0.29, 0.717) is 11.8 Å². The Morgan fingerprint density at radius 2 is 1.92 bits per heavy atom. The van der Waals surface area contributed by atoms with Crippen molar-refractivity contribution >= 4 is 0 Å². The quantitative estimate of drug-likeness (QED) is 0.598. The lowest BCUT2D eigenvalue weighted by molar-refractivity contribution is -0.419. The first kappa shape index (κ1) is 22.7. The van der Waals surface area contributed by atoms with E-state index >= 15 is 0 Å². The largest absolute Gasteiger partial charge is 0.504 e. The maximum atomic E-state index is 11.1. The van der Waals surface area contributed by atoms with E-state index in [1.54, 1.807) is 0 Å². The van der Waals surface area contributed by atoms with Crippen LogP contribution in [0.1, 0.15) is 90.7 Å². The van der Waals surface area contributed by atoms with Gasteiger partial charge in [0.2, 0.25) is 0 Å². The molecule has 2 unspecified atom stereocenters. The van der Waals surface area contributed by atoms with Crippen LogP contribution in [0.3, 0.4) is 0 Å². The highest BCUT2D eigenvalue weighted by atomic mass is 16.7. The van der Waals surface area contributed by atoms with Crippen molar-refractivity contribution in [2.45, 2.75) is 121 Å². The Hall–Kier alpha value is -1.30. The van der Waals surface area contributed by atoms with Crippen molar-refractivity contribution in [1.29, 1.82) is 0 Å². The molecule has 8 aliphatic rings. The number of aromatic hydroxyl groups is 1. The number of hydrogen-bond acceptors (Lipinski definition) is 5. The molecule has 0 radical (unpaired) electrons. The zero-order valence-corrected chi connectivity index (χ0v) is 22.7. The third-order valence-electron chi connectivity index (χ3n) is 12.5. The zero-order valence-electron chi connectivity index (χ0n) is 22.7. The monoisotopic (exact) mass is 493 g/mol. The van der Waals surface area contributed by atoms with Gasteiger partial charge in [-0.15, -0.1) is 0 Å². The molecule has 196 valence electrons. The molecule has 2 saturated heterocycles. The van der Waals surface area contributed by atoms with E-state index in [1.807, 2.05) is 6.07 Å². The topological polar surface area (TPSA) is 51.2 Å². The predicted molar refractivity (Wildman–Crippen MR) is 137 cm³/mol. The number of phenolic OH excluding ortho intramolecular Hbond substituents is 1. The van der Waals surface area contributed by atoms with Crippen molar-refractivity contribution < 1.29 is 19.3 Å². The fourth-order valence-corrected chi connectivity index (χ4v) is 10.4. The summed E-state index contributed by atoms with van der Waals surface area (Å²) in [5.41, 5.74) is 2.12. The fraction of sp³-hybridized carbons (Fsp3) is 0.806. The first-order valence-corrected chi connectivity index (χ1v) is 14.7. The fourth-order valence-electron chi connectivity index (χ4n) is 10.4. The van der Waals surface area contributed by atoms with Gasteiger partial charge < -0.3 is 19.3 Å². The van der Waals surface area contributed by atoms with Crippen molar-refractivity contribution in [3.8, 4) is 11.5 Å². The smallest absolute Gasteiger partial charge is 0.165 e. The van der Waals surface area contributed by atoms with Crippen molar-refractivity contribution in [3.63, 3.8) is 0 Å². The standard InChI is InChI=1S/C31H43NO4/c1-6-23-35-28(5,27(2,3)4)21-16-29-11-12-31(21,36-23)26-30(29)13-14-32(17-18-7-8-18)22(29)15-19-9-10-20(33)25(34-26)24(19)30/h9-10,18,21-23,26,33H,6-8,11-17H2,1-5H3/t21?,22-,23?,26-,28+,29-,30+,31-/m1/s1. The Morgan fingerprint density at radius 3 is 2.64 bits per heavy atom. The number of benzene rings is 1. The minimum Gasteiger partial charge on any atom is -0.504 e. The van der Waals surface area contributed by atoms with Gasteiger partial charge in [-0.25, -0.2) is 0 Å². The van der Waals surface area contributed by atoms with E-state index in [-0.39, 0.29) is 45.8 Å². The van der Waals surface area contributed by atoms with Crippen LogP contribution in [0.2, 0.25) is 0 Å². The van der Waals surface area contributed by atoms with Gasteiger partial charge in [-0.05, 0) is 87.8 Å². The minimum atomic E-state index is -0.383. The summed E-state index contributed by atoms with van der Waals surface area (Å²) in [4.78, 5) is 2.89. The van der Waals surface area contributed by atoms with Gasteiger partial charge in [0.15, 0.2) is 17.8 Å². The molecule has 0 amide bonds. The number of hydrogen-bond donors (Lipinski definition) is 1. The van der Waals surface area contributed by atoms with Gasteiger partial charge in [-0.2, -0.15) is 0 Å². The van der Waals surface area contributed by atoms with Crippen molar-refractivity contribution in [1.82, 2.24) is 4.90 Å². The van der Waals surface area contributed by atoms with Gasteiger partial charge in [0.1, 0.15) is 11.7 Å². The Labute approximate surface area is 215 Å². The molecule has 4 saturated carbocycles. The van der Waals surface area contributed by atoms with Gasteiger partial charge >= 0.3 is 0 Å². The number of likely N-dealkylation sites (tertiary alicyclic amines) is 1. The molecule has 4 bridgehead atoms. The second-order valence-corrected chi connectivity index (χ2v) is 14.6. The summed E-state index contributed by atoms with van der Waals surface area (Å²) in [6.45, 7) is 14.0. The Balaban J connectivity index is 1.37. The zero-order chi connectivity index (χ0) is 24.9. The summed E-state index contributed by atoms with van der Waals surface area (Å²) in [6, 6.07) is 4.63. The van der Waals surface area contributed by atoms with Crippen LogP contribution in [0, 0.1) is 22.7 Å². The van der Waals surface area contributed by atoms with E-state index in [2.05, 4.69) is 45.6 Å². The van der Waals surface area contributed by atoms with Crippen LogP contribution in [0.4, 0.5) is 0 Å². The van der Waals surface area contributed by atoms with E-state index < -0.39 is 0 Å². The molecule has 1 N–H and O–H groups in total. The molecule has 8 atom stereocenters. The van der Waals surface area contributed by atoms with Crippen LogP contribution in [-0.4, -0.2) is 52.7 Å². The second-order valence-electron chi connectivity index (χ2n) is 14.6. The van der Waals surface area contributed by atoms with Crippen molar-refractivity contribution in [2.75, 3.05) is 13.1 Å². The summed E-state index contributed by atoms with van der Waals surface area (Å²) in [5.74, 6) is 2.25. The molecule has 0 aromatic heterocycles. The third kappa shape index (κ3) is 2.33. The van der Waals surface area contributed by atoms with E-state index in [9.17, 15) is 5.11 Å². The van der Waals surface area contributed by atoms with Crippen molar-refractivity contribution in [3.05, 3.63) is 23.3 Å². The summed E-state index contributed by atoms with van der Waals surface area (Å²) in [5, 5.41) is 11.1. The lowest BCUT2D eigenvalue weighted by atomic mass is 9.33. The Bertz CT molecular complexity index is 1140. The maximum absolute atomic E-state index is 11.1. The molecule has 36 heavy (non-hydrogen) atoms. The molecule has 1 aromatic rings. The molecule has 5 aliphatic carbocycles. The predicted octanol–water partition coefficient (Wildman–Crippen LogP) is 5.56. The first-order chi connectivity index (χ1) is 17.1. The van der Waals surface area contributed by atoms with Crippen LogP contribution in [0.5, 0.6) is 11.5 Å².